The molecule has 1 atom stereocenters. The van der Waals surface area contributed by atoms with Crippen LogP contribution in [0.5, 0.6) is 0 Å². The number of H-pyrrole nitrogens is 2. The van der Waals surface area contributed by atoms with Crippen molar-refractivity contribution in [3.63, 3.8) is 0 Å². The number of aromatic nitrogens is 6. The summed E-state index contributed by atoms with van der Waals surface area (Å²) >= 11 is 0. The van der Waals surface area contributed by atoms with Gasteiger partial charge in [0.25, 0.3) is 5.56 Å². The van der Waals surface area contributed by atoms with Gasteiger partial charge >= 0.3 is 11.7 Å². The fraction of sp³-hybridized carbons (Fsp3) is 0.471. The van der Waals surface area contributed by atoms with Crippen LogP contribution in [0.4, 0.5) is 0 Å². The minimum Gasteiger partial charge on any atom is -0.481 e. The number of aromatic amines is 2. The molecular formula is C17H22N6O4. The van der Waals surface area contributed by atoms with Crippen LogP contribution in [0.2, 0.25) is 0 Å². The molecule has 1 unspecified atom stereocenters. The zero-order chi connectivity index (χ0) is 19.7. The van der Waals surface area contributed by atoms with E-state index in [0.717, 1.165) is 0 Å². The van der Waals surface area contributed by atoms with E-state index >= 15 is 0 Å². The highest BCUT2D eigenvalue weighted by atomic mass is 16.4. The summed E-state index contributed by atoms with van der Waals surface area (Å²) < 4.78 is 2.68. The minimum atomic E-state index is -1.01. The van der Waals surface area contributed by atoms with Gasteiger partial charge in [-0.15, -0.1) is 0 Å². The lowest BCUT2D eigenvalue weighted by molar-refractivity contribution is -0.138. The van der Waals surface area contributed by atoms with Crippen molar-refractivity contribution in [1.29, 1.82) is 0 Å². The number of carboxylic acids is 1. The van der Waals surface area contributed by atoms with Gasteiger partial charge in [-0.1, -0.05) is 13.8 Å². The summed E-state index contributed by atoms with van der Waals surface area (Å²) in [5, 5.41) is 15.9. The van der Waals surface area contributed by atoms with Gasteiger partial charge in [0, 0.05) is 13.1 Å². The molecule has 0 spiro atoms. The van der Waals surface area contributed by atoms with Crippen LogP contribution >= 0.6 is 0 Å². The molecule has 144 valence electrons. The number of carboxylic acid groups (broad SMARTS) is 1. The van der Waals surface area contributed by atoms with E-state index in [1.807, 2.05) is 13.8 Å². The Balaban J connectivity index is 2.28. The normalized spacial score (nSPS) is 12.6. The van der Waals surface area contributed by atoms with Crippen LogP contribution in [0.3, 0.4) is 0 Å². The number of carbonyl (C=O) groups is 1. The summed E-state index contributed by atoms with van der Waals surface area (Å²) in [6.07, 6.45) is 2.81. The summed E-state index contributed by atoms with van der Waals surface area (Å²) in [6, 6.07) is 0. The van der Waals surface area contributed by atoms with Gasteiger partial charge < -0.3 is 10.1 Å². The summed E-state index contributed by atoms with van der Waals surface area (Å²) in [7, 11) is 0. The maximum absolute atomic E-state index is 12.8. The Morgan fingerprint density at radius 2 is 1.89 bits per heavy atom. The second-order valence-electron chi connectivity index (χ2n) is 6.43. The van der Waals surface area contributed by atoms with E-state index in [0.29, 0.717) is 43.0 Å². The van der Waals surface area contributed by atoms with E-state index in [-0.39, 0.29) is 16.9 Å². The fourth-order valence-corrected chi connectivity index (χ4v) is 3.08. The van der Waals surface area contributed by atoms with E-state index in [2.05, 4.69) is 20.2 Å². The molecule has 0 aliphatic rings. The first kappa shape index (κ1) is 18.6. The number of fused-ring (bicyclic) bond motifs is 1. The van der Waals surface area contributed by atoms with Crippen molar-refractivity contribution in [3.8, 4) is 11.4 Å². The van der Waals surface area contributed by atoms with Crippen LogP contribution in [0, 0.1) is 0 Å². The molecule has 0 radical (unpaired) electrons. The van der Waals surface area contributed by atoms with E-state index in [1.165, 1.54) is 22.3 Å². The predicted octanol–water partition coefficient (Wildman–Crippen LogP) is 1.28. The van der Waals surface area contributed by atoms with Gasteiger partial charge in [-0.05, 0) is 19.8 Å². The fourth-order valence-electron chi connectivity index (χ4n) is 3.08. The zero-order valence-corrected chi connectivity index (χ0v) is 15.4. The van der Waals surface area contributed by atoms with E-state index in [9.17, 15) is 19.5 Å². The highest BCUT2D eigenvalue weighted by Gasteiger charge is 2.24. The highest BCUT2D eigenvalue weighted by molar-refractivity contribution is 5.80. The highest BCUT2D eigenvalue weighted by Crippen LogP contribution is 2.26. The average molecular weight is 374 g/mol. The van der Waals surface area contributed by atoms with Crippen LogP contribution < -0.4 is 11.2 Å². The molecule has 0 saturated heterocycles. The van der Waals surface area contributed by atoms with Gasteiger partial charge in [-0.25, -0.2) is 9.78 Å². The summed E-state index contributed by atoms with van der Waals surface area (Å²) in [5.74, 6) is -1.53. The SMILES string of the molecule is CCCn1c(=O)c2[nH]c(-c3cn[nH]c3C(C)C(=O)O)nc2n(CCC)c1=O. The third-order valence-electron chi connectivity index (χ3n) is 4.48. The molecule has 3 rings (SSSR count). The van der Waals surface area contributed by atoms with Gasteiger partial charge in [0.1, 0.15) is 11.3 Å². The van der Waals surface area contributed by atoms with Crippen molar-refractivity contribution in [2.45, 2.75) is 52.6 Å². The van der Waals surface area contributed by atoms with Crippen LogP contribution in [-0.2, 0) is 17.9 Å². The van der Waals surface area contributed by atoms with Crippen molar-refractivity contribution >= 4 is 17.1 Å². The van der Waals surface area contributed by atoms with E-state index in [1.54, 1.807) is 0 Å². The Morgan fingerprint density at radius 1 is 1.22 bits per heavy atom. The first-order chi connectivity index (χ1) is 12.9. The Kier molecular flexibility index (Phi) is 4.98. The first-order valence-electron chi connectivity index (χ1n) is 8.90. The lowest BCUT2D eigenvalue weighted by Crippen LogP contribution is -2.40. The van der Waals surface area contributed by atoms with Crippen LogP contribution in [0.15, 0.2) is 15.8 Å². The minimum absolute atomic E-state index is 0.224. The van der Waals surface area contributed by atoms with Gasteiger partial charge in [0.2, 0.25) is 0 Å². The molecule has 10 nitrogen and oxygen atoms in total. The maximum atomic E-state index is 12.8. The number of hydrogen-bond acceptors (Lipinski definition) is 5. The molecule has 27 heavy (non-hydrogen) atoms. The van der Waals surface area contributed by atoms with Crippen molar-refractivity contribution in [1.82, 2.24) is 29.3 Å². The monoisotopic (exact) mass is 374 g/mol. The largest absolute Gasteiger partial charge is 0.481 e. The summed E-state index contributed by atoms with van der Waals surface area (Å²) in [5.41, 5.74) is 0.503. The average Bonchev–Trinajstić information content (AvgIpc) is 3.28. The van der Waals surface area contributed by atoms with Crippen LogP contribution in [0.25, 0.3) is 22.6 Å². The third-order valence-corrected chi connectivity index (χ3v) is 4.48. The number of imidazole rings is 1. The lowest BCUT2D eigenvalue weighted by atomic mass is 10.0. The molecule has 10 heteroatoms. The number of nitrogens with zero attached hydrogens (tertiary/aromatic N) is 4. The van der Waals surface area contributed by atoms with Gasteiger partial charge in [-0.2, -0.15) is 5.10 Å². The molecule has 3 N–H and O–H groups in total. The van der Waals surface area contributed by atoms with Crippen molar-refractivity contribution in [3.05, 3.63) is 32.7 Å². The van der Waals surface area contributed by atoms with E-state index in [4.69, 9.17) is 0 Å². The van der Waals surface area contributed by atoms with E-state index < -0.39 is 17.4 Å². The second kappa shape index (κ2) is 7.22. The number of aryl methyl sites for hydroxylation is 1. The third kappa shape index (κ3) is 3.07. The summed E-state index contributed by atoms with van der Waals surface area (Å²) in [4.78, 5) is 44.2. The Bertz CT molecular complexity index is 1100. The van der Waals surface area contributed by atoms with Crippen molar-refractivity contribution in [2.75, 3.05) is 0 Å². The Labute approximate surface area is 153 Å². The molecule has 0 aliphatic carbocycles. The Hall–Kier alpha value is -3.17. The van der Waals surface area contributed by atoms with Gasteiger partial charge in [0.05, 0.1) is 23.4 Å². The van der Waals surface area contributed by atoms with Crippen LogP contribution in [0.1, 0.15) is 45.2 Å². The molecule has 0 bridgehead atoms. The van der Waals surface area contributed by atoms with Gasteiger partial charge in [0.15, 0.2) is 5.65 Å². The molecule has 3 aromatic heterocycles. The zero-order valence-electron chi connectivity index (χ0n) is 15.4. The van der Waals surface area contributed by atoms with Crippen molar-refractivity contribution in [2.24, 2.45) is 0 Å². The summed E-state index contributed by atoms with van der Waals surface area (Å²) in [6.45, 7) is 6.10. The molecule has 0 aromatic carbocycles. The number of nitrogens with one attached hydrogen (secondary N) is 2. The van der Waals surface area contributed by atoms with Crippen LogP contribution in [-0.4, -0.2) is 40.4 Å². The smallest absolute Gasteiger partial charge is 0.332 e. The Morgan fingerprint density at radius 3 is 2.52 bits per heavy atom. The van der Waals surface area contributed by atoms with Gasteiger partial charge in [-0.3, -0.25) is 23.8 Å². The first-order valence-corrected chi connectivity index (χ1v) is 8.90. The predicted molar refractivity (Wildman–Crippen MR) is 98.8 cm³/mol. The molecule has 0 fully saturated rings. The number of rotatable bonds is 7. The molecule has 3 aromatic rings. The molecular weight excluding hydrogens is 352 g/mol. The maximum Gasteiger partial charge on any atom is 0.332 e. The molecule has 0 amide bonds. The quantitative estimate of drug-likeness (QED) is 0.569. The molecule has 0 saturated carbocycles. The molecule has 3 heterocycles. The topological polar surface area (TPSA) is 139 Å². The number of aliphatic carboxylic acids is 1. The van der Waals surface area contributed by atoms with Crippen molar-refractivity contribution < 1.29 is 9.90 Å². The standard InChI is InChI=1S/C17H22N6O4/c1-4-6-22-14-12(15(24)23(7-5-2)17(22)27)19-13(20-14)10-8-18-21-11(10)9(3)16(25)26/h8-9H,4-7H2,1-3H3,(H,18,21)(H,19,20)(H,25,26). The lowest BCUT2D eigenvalue weighted by Gasteiger charge is -2.09. The number of hydrogen-bond donors (Lipinski definition) is 3. The second-order valence-corrected chi connectivity index (χ2v) is 6.43. The molecule has 0 aliphatic heterocycles.